The number of hydrogen-bond acceptors (Lipinski definition) is 2. The third-order valence-corrected chi connectivity index (χ3v) is 5.11. The zero-order chi connectivity index (χ0) is 14.8. The largest absolute Gasteiger partial charge is 0.322 e. The van der Waals surface area contributed by atoms with Crippen LogP contribution in [0.1, 0.15) is 56.7 Å². The van der Waals surface area contributed by atoms with Gasteiger partial charge in [0, 0.05) is 11.6 Å². The van der Waals surface area contributed by atoms with Crippen molar-refractivity contribution in [2.24, 2.45) is 5.73 Å². The summed E-state index contributed by atoms with van der Waals surface area (Å²) in [5, 5.41) is 0. The SMILES string of the molecule is CCC(CC)(C(N)c1ccc(F)cc1C)N1CCCC1. The normalized spacial score (nSPS) is 18.4. The Balaban J connectivity index is 2.37. The fourth-order valence-corrected chi connectivity index (χ4v) is 3.77. The lowest BCUT2D eigenvalue weighted by molar-refractivity contribution is 0.0764. The van der Waals surface area contributed by atoms with Gasteiger partial charge in [0.2, 0.25) is 0 Å². The van der Waals surface area contributed by atoms with Crippen molar-refractivity contribution in [2.75, 3.05) is 13.1 Å². The summed E-state index contributed by atoms with van der Waals surface area (Å²) in [6, 6.07) is 4.93. The minimum absolute atomic E-state index is 0.000903. The van der Waals surface area contributed by atoms with Crippen LogP contribution < -0.4 is 5.73 Å². The van der Waals surface area contributed by atoms with Crippen LogP contribution in [0, 0.1) is 12.7 Å². The lowest BCUT2D eigenvalue weighted by Gasteiger charge is -2.46. The van der Waals surface area contributed by atoms with E-state index in [1.54, 1.807) is 6.07 Å². The summed E-state index contributed by atoms with van der Waals surface area (Å²) in [6.45, 7) is 8.67. The predicted octanol–water partition coefficient (Wildman–Crippen LogP) is 3.79. The van der Waals surface area contributed by atoms with E-state index >= 15 is 0 Å². The molecule has 0 radical (unpaired) electrons. The third kappa shape index (κ3) is 2.61. The van der Waals surface area contributed by atoms with Gasteiger partial charge in [-0.2, -0.15) is 0 Å². The van der Waals surface area contributed by atoms with Crippen LogP contribution in [0.2, 0.25) is 0 Å². The standard InChI is InChI=1S/C17H27FN2/c1-4-17(5-2,20-10-6-7-11-20)16(19)15-9-8-14(18)12-13(15)3/h8-9,12,16H,4-7,10-11,19H2,1-3H3. The maximum absolute atomic E-state index is 13.3. The molecule has 1 aromatic rings. The molecule has 0 aliphatic carbocycles. The van der Waals surface area contributed by atoms with E-state index in [4.69, 9.17) is 5.73 Å². The van der Waals surface area contributed by atoms with Gasteiger partial charge in [-0.3, -0.25) is 4.90 Å². The first-order valence-corrected chi connectivity index (χ1v) is 7.82. The zero-order valence-corrected chi connectivity index (χ0v) is 13.0. The van der Waals surface area contributed by atoms with E-state index in [0.717, 1.165) is 37.1 Å². The molecule has 2 rings (SSSR count). The number of hydrogen-bond donors (Lipinski definition) is 1. The van der Waals surface area contributed by atoms with Crippen LogP contribution in [0.3, 0.4) is 0 Å². The minimum Gasteiger partial charge on any atom is -0.322 e. The van der Waals surface area contributed by atoms with Crippen LogP contribution in [0.25, 0.3) is 0 Å². The molecule has 1 fully saturated rings. The molecule has 2 N–H and O–H groups in total. The van der Waals surface area contributed by atoms with Crippen LogP contribution in [-0.2, 0) is 0 Å². The molecule has 0 saturated carbocycles. The molecule has 1 aliphatic heterocycles. The van der Waals surface area contributed by atoms with Gasteiger partial charge in [0.1, 0.15) is 5.82 Å². The second kappa shape index (κ2) is 6.23. The molecule has 1 heterocycles. The van der Waals surface area contributed by atoms with E-state index in [2.05, 4.69) is 18.7 Å². The summed E-state index contributed by atoms with van der Waals surface area (Å²) in [4.78, 5) is 2.56. The number of likely N-dealkylation sites (tertiary alicyclic amines) is 1. The second-order valence-electron chi connectivity index (χ2n) is 5.98. The highest BCUT2D eigenvalue weighted by atomic mass is 19.1. The maximum Gasteiger partial charge on any atom is 0.123 e. The highest BCUT2D eigenvalue weighted by Gasteiger charge is 2.41. The fourth-order valence-electron chi connectivity index (χ4n) is 3.77. The highest BCUT2D eigenvalue weighted by Crippen LogP contribution is 2.38. The number of nitrogens with two attached hydrogens (primary N) is 1. The Labute approximate surface area is 122 Å². The van der Waals surface area contributed by atoms with E-state index < -0.39 is 0 Å². The van der Waals surface area contributed by atoms with Gasteiger partial charge in [0.05, 0.1) is 0 Å². The molecule has 20 heavy (non-hydrogen) atoms. The number of rotatable bonds is 5. The fraction of sp³-hybridized carbons (Fsp3) is 0.647. The Hall–Kier alpha value is -0.930. The van der Waals surface area contributed by atoms with Crippen LogP contribution in [-0.4, -0.2) is 23.5 Å². The molecule has 0 amide bonds. The van der Waals surface area contributed by atoms with Crippen LogP contribution in [0.5, 0.6) is 0 Å². The highest BCUT2D eigenvalue weighted by molar-refractivity contribution is 5.32. The Morgan fingerprint density at radius 1 is 1.25 bits per heavy atom. The molecule has 1 unspecified atom stereocenters. The van der Waals surface area contributed by atoms with Crippen molar-refractivity contribution < 1.29 is 4.39 Å². The summed E-state index contributed by atoms with van der Waals surface area (Å²) in [5.41, 5.74) is 8.71. The van der Waals surface area contributed by atoms with Crippen molar-refractivity contribution >= 4 is 0 Å². The zero-order valence-electron chi connectivity index (χ0n) is 13.0. The Morgan fingerprint density at radius 2 is 1.85 bits per heavy atom. The molecule has 0 aromatic heterocycles. The average molecular weight is 278 g/mol. The van der Waals surface area contributed by atoms with Crippen molar-refractivity contribution in [3.8, 4) is 0 Å². The quantitative estimate of drug-likeness (QED) is 0.888. The first kappa shape index (κ1) is 15.5. The first-order chi connectivity index (χ1) is 9.55. The molecule has 1 atom stereocenters. The summed E-state index contributed by atoms with van der Waals surface area (Å²) >= 11 is 0. The van der Waals surface area contributed by atoms with Crippen LogP contribution in [0.4, 0.5) is 4.39 Å². The van der Waals surface area contributed by atoms with E-state index in [-0.39, 0.29) is 17.4 Å². The molecule has 0 spiro atoms. The molecule has 1 saturated heterocycles. The van der Waals surface area contributed by atoms with Crippen LogP contribution in [0.15, 0.2) is 18.2 Å². The molecule has 3 heteroatoms. The van der Waals surface area contributed by atoms with Crippen LogP contribution >= 0.6 is 0 Å². The molecule has 0 bridgehead atoms. The molecule has 112 valence electrons. The lowest BCUT2D eigenvalue weighted by Crippen LogP contribution is -2.53. The van der Waals surface area contributed by atoms with Gasteiger partial charge in [-0.15, -0.1) is 0 Å². The number of halogens is 1. The average Bonchev–Trinajstić information content (AvgIpc) is 2.95. The van der Waals surface area contributed by atoms with Gasteiger partial charge in [-0.25, -0.2) is 4.39 Å². The molecule has 2 nitrogen and oxygen atoms in total. The van der Waals surface area contributed by atoms with Crippen molar-refractivity contribution in [1.29, 1.82) is 0 Å². The summed E-state index contributed by atoms with van der Waals surface area (Å²) in [7, 11) is 0. The Bertz CT molecular complexity index is 448. The van der Waals surface area contributed by atoms with Gasteiger partial charge in [0.15, 0.2) is 0 Å². The number of nitrogens with zero attached hydrogens (tertiary/aromatic N) is 1. The second-order valence-corrected chi connectivity index (χ2v) is 5.98. The molecule has 1 aliphatic rings. The Morgan fingerprint density at radius 3 is 2.35 bits per heavy atom. The topological polar surface area (TPSA) is 29.3 Å². The Kier molecular flexibility index (Phi) is 4.82. The number of benzene rings is 1. The summed E-state index contributed by atoms with van der Waals surface area (Å²) in [5.74, 6) is -0.182. The van der Waals surface area contributed by atoms with Gasteiger partial charge >= 0.3 is 0 Å². The number of aryl methyl sites for hydroxylation is 1. The van der Waals surface area contributed by atoms with Gasteiger partial charge in [-0.1, -0.05) is 19.9 Å². The van der Waals surface area contributed by atoms with E-state index in [1.165, 1.54) is 18.9 Å². The third-order valence-electron chi connectivity index (χ3n) is 5.11. The molecule has 1 aromatic carbocycles. The predicted molar refractivity (Wildman–Crippen MR) is 82.2 cm³/mol. The van der Waals surface area contributed by atoms with E-state index in [9.17, 15) is 4.39 Å². The molecular formula is C17H27FN2. The van der Waals surface area contributed by atoms with Crippen molar-refractivity contribution in [2.45, 2.75) is 58.0 Å². The first-order valence-electron chi connectivity index (χ1n) is 7.82. The van der Waals surface area contributed by atoms with E-state index in [0.29, 0.717) is 0 Å². The van der Waals surface area contributed by atoms with Gasteiger partial charge in [0.25, 0.3) is 0 Å². The molecular weight excluding hydrogens is 251 g/mol. The summed E-state index contributed by atoms with van der Waals surface area (Å²) < 4.78 is 13.3. The summed E-state index contributed by atoms with van der Waals surface area (Å²) in [6.07, 6.45) is 4.58. The van der Waals surface area contributed by atoms with E-state index in [1.807, 2.05) is 13.0 Å². The van der Waals surface area contributed by atoms with Gasteiger partial charge < -0.3 is 5.73 Å². The van der Waals surface area contributed by atoms with Gasteiger partial charge in [-0.05, 0) is 69.0 Å². The monoisotopic (exact) mass is 278 g/mol. The smallest absolute Gasteiger partial charge is 0.123 e. The minimum atomic E-state index is -0.182. The van der Waals surface area contributed by atoms with Crippen molar-refractivity contribution in [1.82, 2.24) is 4.90 Å². The van der Waals surface area contributed by atoms with Crippen molar-refractivity contribution in [3.05, 3.63) is 35.1 Å². The lowest BCUT2D eigenvalue weighted by atomic mass is 9.78. The van der Waals surface area contributed by atoms with Crippen molar-refractivity contribution in [3.63, 3.8) is 0 Å². The maximum atomic E-state index is 13.3.